The lowest BCUT2D eigenvalue weighted by molar-refractivity contribution is 0.0601. The van der Waals surface area contributed by atoms with E-state index in [9.17, 15) is 19.2 Å². The highest BCUT2D eigenvalue weighted by atomic mass is 79.9. The molecule has 4 amide bonds. The van der Waals surface area contributed by atoms with Gasteiger partial charge in [0.25, 0.3) is 23.6 Å². The molecular formula is C58H59Br2N5O4. The lowest BCUT2D eigenvalue weighted by atomic mass is 9.93. The number of carbonyl (C=O) groups excluding carboxylic acids is 4. The highest BCUT2D eigenvalue weighted by Crippen LogP contribution is 2.37. The van der Waals surface area contributed by atoms with Gasteiger partial charge in [0, 0.05) is 48.1 Å². The van der Waals surface area contributed by atoms with Crippen LogP contribution < -0.4 is 0 Å². The van der Waals surface area contributed by atoms with E-state index in [0.29, 0.717) is 38.9 Å². The minimum Gasteiger partial charge on any atom is -0.340 e. The maximum atomic E-state index is 13.8. The fourth-order valence-corrected chi connectivity index (χ4v) is 11.3. The number of halogens is 2. The summed E-state index contributed by atoms with van der Waals surface area (Å²) >= 11 is 7.15. The summed E-state index contributed by atoms with van der Waals surface area (Å²) in [6.07, 6.45) is 23.5. The zero-order chi connectivity index (χ0) is 48.0. The summed E-state index contributed by atoms with van der Waals surface area (Å²) in [5, 5.41) is 15.9. The van der Waals surface area contributed by atoms with Crippen LogP contribution in [0.25, 0.3) is 43.4 Å². The molecule has 1 atom stereocenters. The van der Waals surface area contributed by atoms with Crippen LogP contribution in [0.2, 0.25) is 0 Å². The average molecular weight is 1050 g/mol. The summed E-state index contributed by atoms with van der Waals surface area (Å²) in [6.45, 7) is 5.41. The van der Waals surface area contributed by atoms with Gasteiger partial charge in [-0.2, -0.15) is 20.2 Å². The van der Waals surface area contributed by atoms with Crippen molar-refractivity contribution in [3.8, 4) is 0 Å². The van der Waals surface area contributed by atoms with E-state index in [-0.39, 0.29) is 0 Å². The summed E-state index contributed by atoms with van der Waals surface area (Å²) in [6, 6.07) is 30.4. The number of rotatable bonds is 22. The molecule has 6 aromatic carbocycles. The first-order valence-electron chi connectivity index (χ1n) is 25.0. The molecule has 9 rings (SSSR count). The number of amides is 4. The molecule has 0 saturated carbocycles. The van der Waals surface area contributed by atoms with Crippen molar-refractivity contribution in [3.05, 3.63) is 139 Å². The van der Waals surface area contributed by atoms with E-state index in [0.717, 1.165) is 69.2 Å². The Balaban J connectivity index is 1.04. The predicted octanol–water partition coefficient (Wildman–Crippen LogP) is 15.8. The molecule has 0 saturated heterocycles. The highest BCUT2D eigenvalue weighted by molar-refractivity contribution is 9.11. The fraction of sp³-hybridized carbons (Fsp3) is 0.345. The number of hydrazone groups is 2. The van der Waals surface area contributed by atoms with Crippen molar-refractivity contribution in [2.45, 2.75) is 123 Å². The third-order valence-corrected chi connectivity index (χ3v) is 15.5. The summed E-state index contributed by atoms with van der Waals surface area (Å²) in [7, 11) is 0. The number of imide groups is 2. The summed E-state index contributed by atoms with van der Waals surface area (Å²) in [5.74, 6) is -1.38. The Labute approximate surface area is 421 Å². The van der Waals surface area contributed by atoms with Crippen LogP contribution in [-0.2, 0) is 6.54 Å². The van der Waals surface area contributed by atoms with Gasteiger partial charge in [-0.1, -0.05) is 172 Å². The predicted molar refractivity (Wildman–Crippen MR) is 288 cm³/mol. The molecule has 1 aromatic heterocycles. The smallest absolute Gasteiger partial charge is 0.282 e. The van der Waals surface area contributed by atoms with E-state index in [2.05, 4.69) is 84.7 Å². The minimum atomic E-state index is -0.472. The van der Waals surface area contributed by atoms with Crippen LogP contribution in [0.3, 0.4) is 0 Å². The molecule has 0 spiro atoms. The Morgan fingerprint density at radius 3 is 1.28 bits per heavy atom. The Morgan fingerprint density at radius 1 is 0.464 bits per heavy atom. The van der Waals surface area contributed by atoms with Crippen molar-refractivity contribution in [2.75, 3.05) is 0 Å². The van der Waals surface area contributed by atoms with Crippen molar-refractivity contribution < 1.29 is 19.2 Å². The quantitative estimate of drug-likeness (QED) is 0.0383. The average Bonchev–Trinajstić information content (AvgIpc) is 3.66. The van der Waals surface area contributed by atoms with Gasteiger partial charge in [0.2, 0.25) is 0 Å². The number of benzene rings is 6. The van der Waals surface area contributed by atoms with Gasteiger partial charge in [-0.25, -0.2) is 0 Å². The standard InChI is InChI=1S/C58H59Br2N5O4/c1-3-5-7-9-11-12-14-16-20-38(19-15-13-10-8-6-4-2)37-63-51-31-25-39(35-61-64-55(66)43-23-17-21-41-49(59)29-27-45(53(41)43)57(64)68)33-47(51)48-34-40(26-32-52(48)63)36-62-65-56(67)44-24-18-22-42-50(60)30-28-46(54(42)44)58(65)69/h17-18,21-36,38H,3-16,19-20,37H2,1-2H3/b61-35+,62-36+. The molecule has 2 aliphatic rings. The van der Waals surface area contributed by atoms with Crippen molar-refractivity contribution >= 4 is 111 Å². The number of hydrogen-bond acceptors (Lipinski definition) is 6. The molecule has 354 valence electrons. The molecule has 0 aliphatic carbocycles. The van der Waals surface area contributed by atoms with E-state index in [1.165, 1.54) is 103 Å². The van der Waals surface area contributed by atoms with Gasteiger partial charge in [-0.05, 0) is 101 Å². The molecule has 0 radical (unpaired) electrons. The van der Waals surface area contributed by atoms with Crippen LogP contribution in [0.4, 0.5) is 0 Å². The third kappa shape index (κ3) is 10.00. The van der Waals surface area contributed by atoms with Gasteiger partial charge in [0.15, 0.2) is 0 Å². The Bertz CT molecular complexity index is 2940. The maximum Gasteiger partial charge on any atom is 0.282 e. The summed E-state index contributed by atoms with van der Waals surface area (Å²) in [4.78, 5) is 55.3. The second-order valence-electron chi connectivity index (χ2n) is 18.8. The van der Waals surface area contributed by atoms with E-state index in [1.807, 2.05) is 48.5 Å². The van der Waals surface area contributed by atoms with Crippen LogP contribution in [0, 0.1) is 5.92 Å². The molecule has 7 aromatic rings. The third-order valence-electron chi connectivity index (χ3n) is 14.1. The van der Waals surface area contributed by atoms with Crippen molar-refractivity contribution in [1.82, 2.24) is 14.6 Å². The van der Waals surface area contributed by atoms with Gasteiger partial charge in [-0.15, -0.1) is 0 Å². The largest absolute Gasteiger partial charge is 0.340 e. The molecule has 69 heavy (non-hydrogen) atoms. The van der Waals surface area contributed by atoms with Gasteiger partial charge in [0.1, 0.15) is 0 Å². The number of aromatic nitrogens is 1. The van der Waals surface area contributed by atoms with E-state index in [1.54, 1.807) is 36.7 Å². The van der Waals surface area contributed by atoms with Crippen LogP contribution in [0.15, 0.2) is 116 Å². The van der Waals surface area contributed by atoms with Crippen molar-refractivity contribution in [1.29, 1.82) is 0 Å². The molecule has 2 aliphatic heterocycles. The van der Waals surface area contributed by atoms with E-state index >= 15 is 0 Å². The molecule has 0 fully saturated rings. The monoisotopic (exact) mass is 1050 g/mol. The summed E-state index contributed by atoms with van der Waals surface area (Å²) in [5.41, 5.74) is 5.33. The molecule has 3 heterocycles. The number of nitrogens with zero attached hydrogens (tertiary/aromatic N) is 5. The zero-order valence-corrected chi connectivity index (χ0v) is 42.8. The molecular weight excluding hydrogens is 990 g/mol. The van der Waals surface area contributed by atoms with Crippen molar-refractivity contribution in [3.63, 3.8) is 0 Å². The number of unbranched alkanes of at least 4 members (excludes halogenated alkanes) is 12. The number of fused-ring (bicyclic) bond motifs is 3. The zero-order valence-electron chi connectivity index (χ0n) is 39.6. The second-order valence-corrected chi connectivity index (χ2v) is 20.5. The molecule has 11 heteroatoms. The van der Waals surface area contributed by atoms with Crippen LogP contribution in [0.5, 0.6) is 0 Å². The fourth-order valence-electron chi connectivity index (χ4n) is 10.4. The Kier molecular flexibility index (Phi) is 15.3. The second kappa shape index (κ2) is 21.9. The summed E-state index contributed by atoms with van der Waals surface area (Å²) < 4.78 is 4.09. The van der Waals surface area contributed by atoms with Gasteiger partial charge >= 0.3 is 0 Å². The van der Waals surface area contributed by atoms with Crippen LogP contribution in [0.1, 0.15) is 169 Å². The Morgan fingerprint density at radius 2 is 0.855 bits per heavy atom. The van der Waals surface area contributed by atoms with Crippen molar-refractivity contribution in [2.24, 2.45) is 16.1 Å². The highest BCUT2D eigenvalue weighted by Gasteiger charge is 2.35. The van der Waals surface area contributed by atoms with Gasteiger partial charge in [-0.3, -0.25) is 19.2 Å². The van der Waals surface area contributed by atoms with Gasteiger partial charge < -0.3 is 4.57 Å². The van der Waals surface area contributed by atoms with Gasteiger partial charge in [0.05, 0.1) is 34.7 Å². The van der Waals surface area contributed by atoms with Crippen LogP contribution in [-0.4, -0.2) is 50.6 Å². The first-order chi connectivity index (χ1) is 33.7. The topological polar surface area (TPSA) is 104 Å². The lowest BCUT2D eigenvalue weighted by Gasteiger charge is -2.23. The number of carbonyl (C=O) groups is 4. The Hall–Kier alpha value is -5.78. The normalized spacial score (nSPS) is 14.4. The molecule has 9 nitrogen and oxygen atoms in total. The molecule has 0 bridgehead atoms. The first-order valence-corrected chi connectivity index (χ1v) is 26.6. The SMILES string of the molecule is CCCCCCCCCCC(CCCCCCCC)Cn1c2ccc(/C=N/N3C(=O)c4cccc5c(Br)ccc(c45)C3=O)cc2c2cc(/C=N/N3C(=O)c4cccc5c(Br)ccc(c45)C3=O)ccc21. The number of hydrogen-bond donors (Lipinski definition) is 0. The molecule has 1 unspecified atom stereocenters. The maximum absolute atomic E-state index is 13.8. The van der Waals surface area contributed by atoms with E-state index < -0.39 is 23.6 Å². The molecule has 0 N–H and O–H groups in total. The van der Waals surface area contributed by atoms with E-state index in [4.69, 9.17) is 0 Å². The first kappa shape index (κ1) is 48.3. The van der Waals surface area contributed by atoms with Crippen LogP contribution >= 0.6 is 31.9 Å². The lowest BCUT2D eigenvalue weighted by Crippen LogP contribution is -2.36. The minimum absolute atomic E-state index is 0.429.